The summed E-state index contributed by atoms with van der Waals surface area (Å²) in [5.41, 5.74) is 0.423. The lowest BCUT2D eigenvalue weighted by molar-refractivity contribution is -0.0467. The van der Waals surface area contributed by atoms with Gasteiger partial charge in [-0.25, -0.2) is 0 Å². The number of ether oxygens (including phenoxy) is 1. The lowest BCUT2D eigenvalue weighted by Crippen LogP contribution is -2.47. The van der Waals surface area contributed by atoms with Gasteiger partial charge >= 0.3 is 0 Å². The van der Waals surface area contributed by atoms with Gasteiger partial charge in [0.2, 0.25) is 0 Å². The molecule has 0 amide bonds. The number of aliphatic hydroxyl groups is 1. The molecule has 1 N–H and O–H groups in total. The van der Waals surface area contributed by atoms with Gasteiger partial charge in [0.05, 0.1) is 18.8 Å². The second kappa shape index (κ2) is 8.09. The number of likely N-dealkylation sites (N-methyl/N-ethyl adjacent to an activating group) is 1. The van der Waals surface area contributed by atoms with E-state index in [4.69, 9.17) is 4.74 Å². The van der Waals surface area contributed by atoms with Crippen molar-refractivity contribution in [3.63, 3.8) is 0 Å². The van der Waals surface area contributed by atoms with Crippen molar-refractivity contribution in [3.8, 4) is 0 Å². The van der Waals surface area contributed by atoms with Gasteiger partial charge in [-0.3, -0.25) is 4.90 Å². The molecule has 1 aliphatic carbocycles. The third kappa shape index (κ3) is 5.80. The Bertz CT molecular complexity index is 314. The molecule has 2 fully saturated rings. The van der Waals surface area contributed by atoms with Crippen molar-refractivity contribution in [2.75, 3.05) is 46.4 Å². The summed E-state index contributed by atoms with van der Waals surface area (Å²) in [4.78, 5) is 4.69. The van der Waals surface area contributed by atoms with E-state index in [1.165, 1.54) is 12.8 Å². The van der Waals surface area contributed by atoms with Crippen LogP contribution in [-0.2, 0) is 4.74 Å². The smallest absolute Gasteiger partial charge is 0.0900 e. The van der Waals surface area contributed by atoms with Crippen LogP contribution in [0.4, 0.5) is 0 Å². The van der Waals surface area contributed by atoms with Crippen molar-refractivity contribution in [3.05, 3.63) is 0 Å². The van der Waals surface area contributed by atoms with Gasteiger partial charge < -0.3 is 14.7 Å². The van der Waals surface area contributed by atoms with Crippen molar-refractivity contribution in [2.24, 2.45) is 11.3 Å². The van der Waals surface area contributed by atoms with E-state index in [0.717, 1.165) is 51.5 Å². The molecule has 0 spiro atoms. The van der Waals surface area contributed by atoms with Crippen LogP contribution in [-0.4, -0.2) is 73.5 Å². The molecule has 1 heterocycles. The summed E-state index contributed by atoms with van der Waals surface area (Å²) in [6.45, 7) is 12.6. The normalized spacial score (nSPS) is 30.4. The Balaban J connectivity index is 1.60. The van der Waals surface area contributed by atoms with Gasteiger partial charge in [0.15, 0.2) is 0 Å². The van der Waals surface area contributed by atoms with E-state index in [9.17, 15) is 5.11 Å². The van der Waals surface area contributed by atoms with Crippen LogP contribution < -0.4 is 0 Å². The molecule has 0 bridgehead atoms. The highest BCUT2D eigenvalue weighted by Gasteiger charge is 2.30. The van der Waals surface area contributed by atoms with Crippen molar-refractivity contribution < 1.29 is 9.84 Å². The summed E-state index contributed by atoms with van der Waals surface area (Å²) in [7, 11) is 2.16. The average Bonchev–Trinajstić information content (AvgIpc) is 2.47. The molecule has 0 aromatic carbocycles. The third-order valence-corrected chi connectivity index (χ3v) is 5.49. The van der Waals surface area contributed by atoms with Crippen molar-refractivity contribution in [2.45, 2.75) is 58.7 Å². The molecule has 0 unspecified atom stereocenters. The first kappa shape index (κ1) is 18.2. The molecule has 2 aliphatic rings. The van der Waals surface area contributed by atoms with Crippen LogP contribution in [0.2, 0.25) is 0 Å². The minimum absolute atomic E-state index is 0.344. The molecule has 1 saturated heterocycles. The van der Waals surface area contributed by atoms with Crippen molar-refractivity contribution in [1.29, 1.82) is 0 Å². The molecule has 0 radical (unpaired) electrons. The zero-order valence-corrected chi connectivity index (χ0v) is 15.1. The van der Waals surface area contributed by atoms with Gasteiger partial charge in [0, 0.05) is 32.7 Å². The Morgan fingerprint density at radius 2 is 1.64 bits per heavy atom. The van der Waals surface area contributed by atoms with Crippen LogP contribution in [0.15, 0.2) is 0 Å². The van der Waals surface area contributed by atoms with Crippen LogP contribution in [0.5, 0.6) is 0 Å². The Labute approximate surface area is 136 Å². The van der Waals surface area contributed by atoms with E-state index in [1.807, 2.05) is 0 Å². The standard InChI is InChI=1S/C18H36N2O2/c1-18(2,3)15-5-7-17(8-6-15)22-14-16(21)13-20-11-9-19(4)10-12-20/h15-17,21H,5-14H2,1-4H3/t15?,16-,17?/m0/s1. The van der Waals surface area contributed by atoms with Crippen LogP contribution in [0, 0.1) is 11.3 Å². The molecule has 130 valence electrons. The van der Waals surface area contributed by atoms with Crippen LogP contribution in [0.25, 0.3) is 0 Å². The lowest BCUT2D eigenvalue weighted by atomic mass is 9.72. The van der Waals surface area contributed by atoms with E-state index in [2.05, 4.69) is 37.6 Å². The summed E-state index contributed by atoms with van der Waals surface area (Å²) in [6.07, 6.45) is 4.86. The first-order chi connectivity index (χ1) is 10.3. The maximum absolute atomic E-state index is 10.2. The van der Waals surface area contributed by atoms with Gasteiger partial charge in [0.1, 0.15) is 0 Å². The van der Waals surface area contributed by atoms with Crippen molar-refractivity contribution >= 4 is 0 Å². The Kier molecular flexibility index (Phi) is 6.69. The Hall–Kier alpha value is -0.160. The second-order valence-corrected chi connectivity index (χ2v) is 8.43. The van der Waals surface area contributed by atoms with Crippen molar-refractivity contribution in [1.82, 2.24) is 9.80 Å². The third-order valence-electron chi connectivity index (χ3n) is 5.49. The van der Waals surface area contributed by atoms with Gasteiger partial charge in [-0.2, -0.15) is 0 Å². The SMILES string of the molecule is CN1CCN(C[C@H](O)COC2CCC(C(C)(C)C)CC2)CC1. The molecule has 0 aromatic rings. The maximum Gasteiger partial charge on any atom is 0.0900 e. The van der Waals surface area contributed by atoms with E-state index in [1.54, 1.807) is 0 Å². The topological polar surface area (TPSA) is 35.9 Å². The highest BCUT2D eigenvalue weighted by molar-refractivity contribution is 4.81. The molecule has 1 aliphatic heterocycles. The monoisotopic (exact) mass is 312 g/mol. The molecule has 1 saturated carbocycles. The van der Waals surface area contributed by atoms with E-state index < -0.39 is 0 Å². The second-order valence-electron chi connectivity index (χ2n) is 8.43. The molecular weight excluding hydrogens is 276 g/mol. The number of aliphatic hydroxyl groups excluding tert-OH is 1. The number of hydrogen-bond donors (Lipinski definition) is 1. The highest BCUT2D eigenvalue weighted by atomic mass is 16.5. The van der Waals surface area contributed by atoms with Gasteiger partial charge in [-0.1, -0.05) is 20.8 Å². The Morgan fingerprint density at radius 1 is 1.05 bits per heavy atom. The number of piperazine rings is 1. The van der Waals surface area contributed by atoms with Crippen LogP contribution >= 0.6 is 0 Å². The molecule has 1 atom stereocenters. The minimum Gasteiger partial charge on any atom is -0.389 e. The van der Waals surface area contributed by atoms with Crippen LogP contribution in [0.3, 0.4) is 0 Å². The molecule has 4 heteroatoms. The fourth-order valence-electron chi connectivity index (χ4n) is 3.72. The number of β-amino-alcohol motifs (C(OH)–C–C–N with tert-alkyl or cyclic N) is 1. The molecule has 22 heavy (non-hydrogen) atoms. The van der Waals surface area contributed by atoms with E-state index in [0.29, 0.717) is 18.1 Å². The number of hydrogen-bond acceptors (Lipinski definition) is 4. The number of nitrogens with zero attached hydrogens (tertiary/aromatic N) is 2. The number of rotatable bonds is 5. The minimum atomic E-state index is -0.344. The predicted octanol–water partition coefficient (Wildman–Crippen LogP) is 2.22. The largest absolute Gasteiger partial charge is 0.389 e. The molecular formula is C18H36N2O2. The molecule has 4 nitrogen and oxygen atoms in total. The van der Waals surface area contributed by atoms with Gasteiger partial charge in [-0.05, 0) is 44.1 Å². The summed E-state index contributed by atoms with van der Waals surface area (Å²) in [5, 5.41) is 10.2. The van der Waals surface area contributed by atoms with E-state index in [-0.39, 0.29) is 6.10 Å². The molecule has 0 aromatic heterocycles. The zero-order chi connectivity index (χ0) is 16.2. The summed E-state index contributed by atoms with van der Waals surface area (Å²) in [6, 6.07) is 0. The maximum atomic E-state index is 10.2. The fourth-order valence-corrected chi connectivity index (χ4v) is 3.72. The Morgan fingerprint density at radius 3 is 2.18 bits per heavy atom. The quantitative estimate of drug-likeness (QED) is 0.844. The first-order valence-corrected chi connectivity index (χ1v) is 9.05. The van der Waals surface area contributed by atoms with E-state index >= 15 is 0 Å². The zero-order valence-electron chi connectivity index (χ0n) is 15.1. The lowest BCUT2D eigenvalue weighted by Gasteiger charge is -2.37. The highest BCUT2D eigenvalue weighted by Crippen LogP contribution is 2.38. The van der Waals surface area contributed by atoms with Crippen LogP contribution in [0.1, 0.15) is 46.5 Å². The first-order valence-electron chi connectivity index (χ1n) is 9.05. The average molecular weight is 312 g/mol. The fraction of sp³-hybridized carbons (Fsp3) is 1.00. The van der Waals surface area contributed by atoms with Gasteiger partial charge in [0.25, 0.3) is 0 Å². The van der Waals surface area contributed by atoms with Gasteiger partial charge in [-0.15, -0.1) is 0 Å². The summed E-state index contributed by atoms with van der Waals surface area (Å²) < 4.78 is 5.98. The summed E-state index contributed by atoms with van der Waals surface area (Å²) in [5.74, 6) is 0.822. The predicted molar refractivity (Wildman–Crippen MR) is 91.1 cm³/mol. The summed E-state index contributed by atoms with van der Waals surface area (Å²) >= 11 is 0. The molecule has 2 rings (SSSR count).